The van der Waals surface area contributed by atoms with Gasteiger partial charge >= 0.3 is 6.18 Å². The second-order valence-electron chi connectivity index (χ2n) is 9.10. The molecule has 2 aliphatic rings. The Labute approximate surface area is 206 Å². The number of rotatable bonds is 6. The van der Waals surface area contributed by atoms with Crippen LogP contribution in [0.4, 0.5) is 13.2 Å². The van der Waals surface area contributed by atoms with E-state index in [1.54, 1.807) is 37.7 Å². The molecule has 1 aliphatic heterocycles. The largest absolute Gasteiger partial charge is 0.472 e. The third-order valence-corrected chi connectivity index (χ3v) is 7.06. The van der Waals surface area contributed by atoms with Crippen molar-refractivity contribution < 1.29 is 27.4 Å². The van der Waals surface area contributed by atoms with E-state index >= 15 is 0 Å². The third-order valence-electron chi connectivity index (χ3n) is 7.06. The zero-order valence-electron chi connectivity index (χ0n) is 19.7. The van der Waals surface area contributed by atoms with Crippen LogP contribution in [0.1, 0.15) is 35.7 Å². The molecule has 0 radical (unpaired) electrons. The normalized spacial score (nSPS) is 24.1. The van der Waals surface area contributed by atoms with Gasteiger partial charge in [0.2, 0.25) is 5.88 Å². The van der Waals surface area contributed by atoms with Crippen molar-refractivity contribution in [2.24, 2.45) is 5.92 Å². The predicted molar refractivity (Wildman–Crippen MR) is 124 cm³/mol. The van der Waals surface area contributed by atoms with Gasteiger partial charge in [0.15, 0.2) is 5.82 Å². The number of amides is 1. The molecule has 2 bridgehead atoms. The lowest BCUT2D eigenvalue weighted by molar-refractivity contribution is -0.137. The summed E-state index contributed by atoms with van der Waals surface area (Å²) in [5, 5.41) is 0. The maximum Gasteiger partial charge on any atom is 0.417 e. The Morgan fingerprint density at radius 2 is 1.81 bits per heavy atom. The molecule has 5 rings (SSSR count). The van der Waals surface area contributed by atoms with E-state index in [1.807, 2.05) is 24.0 Å². The maximum atomic E-state index is 14.0. The molecule has 2 aromatic heterocycles. The average molecular weight is 499 g/mol. The number of likely N-dealkylation sites (tertiary alicyclic amines) is 1. The Balaban J connectivity index is 1.44. The van der Waals surface area contributed by atoms with E-state index in [2.05, 4.69) is 15.0 Å². The number of carbonyl (C=O) groups is 1. The summed E-state index contributed by atoms with van der Waals surface area (Å²) < 4.78 is 50.4. The van der Waals surface area contributed by atoms with Gasteiger partial charge in [0, 0.05) is 37.3 Å². The molecule has 10 heteroatoms. The fourth-order valence-corrected chi connectivity index (χ4v) is 5.41. The van der Waals surface area contributed by atoms with Crippen molar-refractivity contribution in [3.05, 3.63) is 72.2 Å². The number of piperidine rings is 1. The van der Waals surface area contributed by atoms with Crippen LogP contribution in [-0.2, 0) is 10.9 Å². The highest BCUT2D eigenvalue weighted by Crippen LogP contribution is 2.46. The number of hydrogen-bond donors (Lipinski definition) is 0. The van der Waals surface area contributed by atoms with Crippen LogP contribution in [0.15, 0.2) is 61.1 Å². The van der Waals surface area contributed by atoms with Crippen LogP contribution >= 0.6 is 0 Å². The van der Waals surface area contributed by atoms with Crippen molar-refractivity contribution in [2.45, 2.75) is 50.2 Å². The van der Waals surface area contributed by atoms with E-state index in [0.717, 1.165) is 12.3 Å². The first-order valence-corrected chi connectivity index (χ1v) is 11.7. The lowest BCUT2D eigenvalue weighted by Crippen LogP contribution is -2.55. The monoisotopic (exact) mass is 498 g/mol. The molecule has 36 heavy (non-hydrogen) atoms. The third kappa shape index (κ3) is 4.41. The molecule has 0 spiro atoms. The van der Waals surface area contributed by atoms with Crippen molar-refractivity contribution in [3.8, 4) is 17.3 Å². The van der Waals surface area contributed by atoms with E-state index in [9.17, 15) is 18.0 Å². The highest BCUT2D eigenvalue weighted by molar-refractivity contribution is 6.00. The van der Waals surface area contributed by atoms with E-state index in [-0.39, 0.29) is 35.9 Å². The van der Waals surface area contributed by atoms with Crippen molar-refractivity contribution in [3.63, 3.8) is 0 Å². The van der Waals surface area contributed by atoms with Gasteiger partial charge in [-0.3, -0.25) is 4.79 Å². The zero-order valence-corrected chi connectivity index (χ0v) is 19.7. The standard InChI is InChI=1S/C26H25F3N4O3/c1-15(35-2)23-16-12-20(21(13-16)36-22-9-8-17(14-32-22)26(27,28)29)33(23)25(34)19-7-4-3-6-18(19)24-30-10-5-11-31-24/h3-11,14-16,20-21,23H,12-13H2,1-2H3/t15?,16-,20+,21-,23-/m1/s1. The highest BCUT2D eigenvalue weighted by atomic mass is 19.4. The Hall–Kier alpha value is -3.53. The van der Waals surface area contributed by atoms with Crippen LogP contribution in [0.25, 0.3) is 11.4 Å². The molecule has 3 aromatic rings. The van der Waals surface area contributed by atoms with Gasteiger partial charge < -0.3 is 14.4 Å². The number of methoxy groups -OCH3 is 1. The summed E-state index contributed by atoms with van der Waals surface area (Å²) in [5.41, 5.74) is 0.251. The molecule has 1 saturated carbocycles. The zero-order chi connectivity index (χ0) is 25.4. The van der Waals surface area contributed by atoms with Crippen LogP contribution < -0.4 is 4.74 Å². The molecule has 1 saturated heterocycles. The first kappa shape index (κ1) is 24.2. The number of fused-ring (bicyclic) bond motifs is 2. The number of ether oxygens (including phenoxy) is 2. The van der Waals surface area contributed by atoms with Gasteiger partial charge in [-0.05, 0) is 43.9 Å². The SMILES string of the molecule is COC(C)[C@@H]1[C@H]2C[C@@H](Oc3ccc(C(F)(F)F)cn3)[C@H](C2)N1C(=O)c1ccccc1-c1ncccn1. The smallest absolute Gasteiger partial charge is 0.417 e. The molecule has 188 valence electrons. The lowest BCUT2D eigenvalue weighted by atomic mass is 9.92. The predicted octanol–water partition coefficient (Wildman–Crippen LogP) is 4.64. The number of carbonyl (C=O) groups excluding carboxylic acids is 1. The fraction of sp³-hybridized carbons (Fsp3) is 0.385. The molecule has 3 heterocycles. The van der Waals surface area contributed by atoms with E-state index in [4.69, 9.17) is 9.47 Å². The van der Waals surface area contributed by atoms with Gasteiger partial charge in [-0.1, -0.05) is 18.2 Å². The van der Waals surface area contributed by atoms with E-state index in [0.29, 0.717) is 29.8 Å². The van der Waals surface area contributed by atoms with Crippen molar-refractivity contribution in [1.29, 1.82) is 0 Å². The molecule has 1 amide bonds. The van der Waals surface area contributed by atoms with Gasteiger partial charge in [0.05, 0.1) is 29.3 Å². The molecule has 2 fully saturated rings. The topological polar surface area (TPSA) is 77.4 Å². The van der Waals surface area contributed by atoms with Gasteiger partial charge in [-0.25, -0.2) is 15.0 Å². The molecule has 1 unspecified atom stereocenters. The lowest BCUT2D eigenvalue weighted by Gasteiger charge is -2.41. The molecule has 5 atom stereocenters. The Morgan fingerprint density at radius 1 is 1.06 bits per heavy atom. The Bertz CT molecular complexity index is 1220. The van der Waals surface area contributed by atoms with Crippen LogP contribution in [0, 0.1) is 5.92 Å². The number of aromatic nitrogens is 3. The number of alkyl halides is 3. The number of hydrogen-bond acceptors (Lipinski definition) is 6. The first-order valence-electron chi connectivity index (χ1n) is 11.7. The number of pyridine rings is 1. The molecule has 1 aromatic carbocycles. The Kier molecular flexibility index (Phi) is 6.38. The van der Waals surface area contributed by atoms with Crippen molar-refractivity contribution >= 4 is 5.91 Å². The molecule has 1 aliphatic carbocycles. The number of halogens is 3. The summed E-state index contributed by atoms with van der Waals surface area (Å²) in [7, 11) is 1.62. The number of benzene rings is 1. The summed E-state index contributed by atoms with van der Waals surface area (Å²) in [6.45, 7) is 1.94. The van der Waals surface area contributed by atoms with E-state index < -0.39 is 17.8 Å². The summed E-state index contributed by atoms with van der Waals surface area (Å²) in [4.78, 5) is 28.3. The van der Waals surface area contributed by atoms with Crippen molar-refractivity contribution in [1.82, 2.24) is 19.9 Å². The summed E-state index contributed by atoms with van der Waals surface area (Å²) >= 11 is 0. The molecule has 7 nitrogen and oxygen atoms in total. The van der Waals surface area contributed by atoms with Gasteiger partial charge in [0.25, 0.3) is 5.91 Å². The summed E-state index contributed by atoms with van der Waals surface area (Å²) in [6, 6.07) is 10.6. The van der Waals surface area contributed by atoms with Crippen molar-refractivity contribution in [2.75, 3.05) is 7.11 Å². The minimum atomic E-state index is -4.47. The van der Waals surface area contributed by atoms with Crippen LogP contribution in [0.5, 0.6) is 5.88 Å². The van der Waals surface area contributed by atoms with E-state index in [1.165, 1.54) is 6.07 Å². The second-order valence-corrected chi connectivity index (χ2v) is 9.10. The summed E-state index contributed by atoms with van der Waals surface area (Å²) in [6.07, 6.45) is 0.282. The quantitative estimate of drug-likeness (QED) is 0.493. The van der Waals surface area contributed by atoms with Gasteiger partial charge in [-0.2, -0.15) is 13.2 Å². The molecular formula is C26H25F3N4O3. The van der Waals surface area contributed by atoms with Crippen LogP contribution in [0.3, 0.4) is 0 Å². The van der Waals surface area contributed by atoms with Gasteiger partial charge in [0.1, 0.15) is 6.10 Å². The fourth-order valence-electron chi connectivity index (χ4n) is 5.41. The highest BCUT2D eigenvalue weighted by Gasteiger charge is 2.56. The number of nitrogens with zero attached hydrogens (tertiary/aromatic N) is 4. The minimum absolute atomic E-state index is 0.0994. The first-order chi connectivity index (χ1) is 17.3. The van der Waals surface area contributed by atoms with Gasteiger partial charge in [-0.15, -0.1) is 0 Å². The molecular weight excluding hydrogens is 473 g/mol. The minimum Gasteiger partial charge on any atom is -0.472 e. The van der Waals surface area contributed by atoms with Crippen LogP contribution in [0.2, 0.25) is 0 Å². The Morgan fingerprint density at radius 3 is 2.47 bits per heavy atom. The van der Waals surface area contributed by atoms with Crippen LogP contribution in [-0.4, -0.2) is 57.2 Å². The summed E-state index contributed by atoms with van der Waals surface area (Å²) in [5.74, 6) is 0.480. The molecule has 0 N–H and O–H groups in total. The second kappa shape index (κ2) is 9.50. The average Bonchev–Trinajstić information content (AvgIpc) is 3.46. The maximum absolute atomic E-state index is 14.0.